The van der Waals surface area contributed by atoms with Gasteiger partial charge in [-0.15, -0.1) is 0 Å². The highest BCUT2D eigenvalue weighted by atomic mass is 16.1. The highest BCUT2D eigenvalue weighted by molar-refractivity contribution is 5.78. The van der Waals surface area contributed by atoms with E-state index in [1.54, 1.807) is 0 Å². The van der Waals surface area contributed by atoms with E-state index in [0.717, 1.165) is 19.5 Å². The number of anilines is 1. The lowest BCUT2D eigenvalue weighted by atomic mass is 10.1. The van der Waals surface area contributed by atoms with E-state index in [1.165, 1.54) is 5.69 Å². The molecular weight excluding hydrogens is 262 g/mol. The number of benzene rings is 1. The van der Waals surface area contributed by atoms with Crippen molar-refractivity contribution in [1.29, 1.82) is 0 Å². The largest absolute Gasteiger partial charge is 0.372 e. The molecule has 0 aromatic heterocycles. The van der Waals surface area contributed by atoms with Crippen LogP contribution in [0.15, 0.2) is 30.3 Å². The van der Waals surface area contributed by atoms with Crippen LogP contribution in [0, 0.1) is 0 Å². The second-order valence-corrected chi connectivity index (χ2v) is 6.22. The normalized spacial score (nSPS) is 11.2. The first-order valence-corrected chi connectivity index (χ1v) is 7.74. The average Bonchev–Trinajstić information content (AvgIpc) is 2.45. The Kier molecular flexibility index (Phi) is 7.23. The molecule has 0 heterocycles. The van der Waals surface area contributed by atoms with Crippen LogP contribution in [0.3, 0.4) is 0 Å². The van der Waals surface area contributed by atoms with E-state index in [4.69, 9.17) is 0 Å². The van der Waals surface area contributed by atoms with Crippen LogP contribution < -0.4 is 15.5 Å². The molecule has 0 aliphatic heterocycles. The van der Waals surface area contributed by atoms with Crippen molar-refractivity contribution in [2.75, 3.05) is 31.1 Å². The van der Waals surface area contributed by atoms with Gasteiger partial charge in [-0.2, -0.15) is 0 Å². The van der Waals surface area contributed by atoms with Crippen LogP contribution in [-0.2, 0) is 4.79 Å². The van der Waals surface area contributed by atoms with Gasteiger partial charge in [-0.25, -0.2) is 0 Å². The van der Waals surface area contributed by atoms with Crippen LogP contribution in [0.1, 0.15) is 34.1 Å². The van der Waals surface area contributed by atoms with E-state index < -0.39 is 0 Å². The Morgan fingerprint density at radius 2 is 1.86 bits per heavy atom. The van der Waals surface area contributed by atoms with Crippen molar-refractivity contribution in [3.63, 3.8) is 0 Å². The zero-order valence-electron chi connectivity index (χ0n) is 13.8. The van der Waals surface area contributed by atoms with Crippen LogP contribution in [0.25, 0.3) is 0 Å². The molecule has 0 unspecified atom stereocenters. The fourth-order valence-corrected chi connectivity index (χ4v) is 2.01. The Morgan fingerprint density at radius 3 is 2.43 bits per heavy atom. The van der Waals surface area contributed by atoms with Crippen molar-refractivity contribution in [1.82, 2.24) is 10.6 Å². The topological polar surface area (TPSA) is 44.4 Å². The Labute approximate surface area is 128 Å². The molecule has 0 saturated heterocycles. The maximum atomic E-state index is 11.7. The Bertz CT molecular complexity index is 412. The number of nitrogens with zero attached hydrogens (tertiary/aromatic N) is 1. The van der Waals surface area contributed by atoms with Gasteiger partial charge >= 0.3 is 0 Å². The van der Waals surface area contributed by atoms with E-state index >= 15 is 0 Å². The van der Waals surface area contributed by atoms with Gasteiger partial charge < -0.3 is 15.5 Å². The molecular formula is C17H29N3O. The van der Waals surface area contributed by atoms with Crippen LogP contribution >= 0.6 is 0 Å². The van der Waals surface area contributed by atoms with Gasteiger partial charge in [-0.1, -0.05) is 18.2 Å². The lowest BCUT2D eigenvalue weighted by Gasteiger charge is -2.23. The van der Waals surface area contributed by atoms with Gasteiger partial charge in [-0.3, -0.25) is 4.79 Å². The lowest BCUT2D eigenvalue weighted by molar-refractivity contribution is -0.120. The lowest BCUT2D eigenvalue weighted by Crippen LogP contribution is -2.43. The molecule has 0 aliphatic rings. The molecule has 0 aliphatic carbocycles. The molecule has 2 N–H and O–H groups in total. The summed E-state index contributed by atoms with van der Waals surface area (Å²) in [6.07, 6.45) is 0.948. The number of nitrogens with one attached hydrogen (secondary N) is 2. The Morgan fingerprint density at radius 1 is 1.19 bits per heavy atom. The maximum Gasteiger partial charge on any atom is 0.233 e. The summed E-state index contributed by atoms with van der Waals surface area (Å²) in [5.41, 5.74) is 1.21. The molecule has 1 aromatic rings. The third-order valence-electron chi connectivity index (χ3n) is 3.21. The highest BCUT2D eigenvalue weighted by Gasteiger charge is 2.10. The number of amides is 1. The number of carbonyl (C=O) groups excluding carboxylic acids is 1. The highest BCUT2D eigenvalue weighted by Crippen LogP contribution is 2.12. The van der Waals surface area contributed by atoms with Crippen LogP contribution in [0.2, 0.25) is 0 Å². The molecule has 118 valence electrons. The summed E-state index contributed by atoms with van der Waals surface area (Å²) in [7, 11) is 0. The fourth-order valence-electron chi connectivity index (χ4n) is 2.01. The number of para-hydroxylation sites is 1. The third-order valence-corrected chi connectivity index (χ3v) is 3.21. The van der Waals surface area contributed by atoms with Crippen LogP contribution in [-0.4, -0.2) is 37.6 Å². The zero-order valence-corrected chi connectivity index (χ0v) is 13.8. The van der Waals surface area contributed by atoms with Gasteiger partial charge in [0.2, 0.25) is 5.91 Å². The summed E-state index contributed by atoms with van der Waals surface area (Å²) in [6, 6.07) is 10.4. The quantitative estimate of drug-likeness (QED) is 0.723. The summed E-state index contributed by atoms with van der Waals surface area (Å²) in [6.45, 7) is 11.3. The van der Waals surface area contributed by atoms with E-state index in [1.807, 2.05) is 6.07 Å². The zero-order chi connectivity index (χ0) is 15.7. The number of hydrogen-bond donors (Lipinski definition) is 2. The number of carbonyl (C=O) groups is 1. The van der Waals surface area contributed by atoms with Crippen molar-refractivity contribution < 1.29 is 4.79 Å². The van der Waals surface area contributed by atoms with E-state index in [9.17, 15) is 4.79 Å². The molecule has 0 fully saturated rings. The standard InChI is InChI=1S/C17H29N3O/c1-5-20(15-10-7-6-8-11-15)13-9-12-18-16(21)14-19-17(2,3)4/h6-8,10-11,19H,5,9,12-14H2,1-4H3,(H,18,21). The third kappa shape index (κ3) is 7.71. The SMILES string of the molecule is CCN(CCCNC(=O)CNC(C)(C)C)c1ccccc1. The number of hydrogen-bond acceptors (Lipinski definition) is 3. The second kappa shape index (κ2) is 8.67. The molecule has 0 saturated carbocycles. The van der Waals surface area contributed by atoms with E-state index in [0.29, 0.717) is 13.1 Å². The Hall–Kier alpha value is -1.55. The molecule has 21 heavy (non-hydrogen) atoms. The molecule has 1 aromatic carbocycles. The van der Waals surface area contributed by atoms with Gasteiger partial charge in [0.25, 0.3) is 0 Å². The monoisotopic (exact) mass is 291 g/mol. The molecule has 4 heteroatoms. The van der Waals surface area contributed by atoms with E-state index in [-0.39, 0.29) is 11.4 Å². The molecule has 1 rings (SSSR count). The molecule has 0 bridgehead atoms. The molecule has 4 nitrogen and oxygen atoms in total. The first-order valence-electron chi connectivity index (χ1n) is 7.74. The summed E-state index contributed by atoms with van der Waals surface area (Å²) >= 11 is 0. The van der Waals surface area contributed by atoms with Crippen LogP contribution in [0.5, 0.6) is 0 Å². The van der Waals surface area contributed by atoms with Crippen molar-refractivity contribution in [3.8, 4) is 0 Å². The van der Waals surface area contributed by atoms with Gasteiger partial charge in [0.1, 0.15) is 0 Å². The van der Waals surface area contributed by atoms with Crippen molar-refractivity contribution in [3.05, 3.63) is 30.3 Å². The fraction of sp³-hybridized carbons (Fsp3) is 0.588. The summed E-state index contributed by atoms with van der Waals surface area (Å²) in [4.78, 5) is 14.0. The molecule has 0 radical (unpaired) electrons. The van der Waals surface area contributed by atoms with Gasteiger partial charge in [-0.05, 0) is 46.2 Å². The minimum absolute atomic E-state index is 0.0241. The summed E-state index contributed by atoms with van der Waals surface area (Å²) in [5, 5.41) is 6.14. The Balaban J connectivity index is 2.22. The predicted octanol–water partition coefficient (Wildman–Crippen LogP) is 2.41. The first kappa shape index (κ1) is 17.5. The summed E-state index contributed by atoms with van der Waals surface area (Å²) in [5.74, 6) is 0.0627. The van der Waals surface area contributed by atoms with Gasteiger partial charge in [0.15, 0.2) is 0 Å². The first-order chi connectivity index (χ1) is 9.92. The van der Waals surface area contributed by atoms with Crippen molar-refractivity contribution >= 4 is 11.6 Å². The van der Waals surface area contributed by atoms with E-state index in [2.05, 4.69) is 67.5 Å². The number of rotatable bonds is 8. The smallest absolute Gasteiger partial charge is 0.233 e. The van der Waals surface area contributed by atoms with Crippen molar-refractivity contribution in [2.45, 2.75) is 39.7 Å². The molecule has 0 spiro atoms. The molecule has 0 atom stereocenters. The minimum atomic E-state index is -0.0241. The molecule has 1 amide bonds. The predicted molar refractivity (Wildman–Crippen MR) is 89.7 cm³/mol. The van der Waals surface area contributed by atoms with Gasteiger partial charge in [0.05, 0.1) is 6.54 Å². The van der Waals surface area contributed by atoms with Gasteiger partial charge in [0, 0.05) is 30.9 Å². The van der Waals surface area contributed by atoms with Crippen molar-refractivity contribution in [2.24, 2.45) is 0 Å². The second-order valence-electron chi connectivity index (χ2n) is 6.22. The average molecular weight is 291 g/mol. The van der Waals surface area contributed by atoms with Crippen LogP contribution in [0.4, 0.5) is 5.69 Å². The summed E-state index contributed by atoms with van der Waals surface area (Å²) < 4.78 is 0. The maximum absolute atomic E-state index is 11.7. The minimum Gasteiger partial charge on any atom is -0.372 e.